The maximum Gasteiger partial charge on any atom is 0.245 e. The molecule has 1 saturated heterocycles. The molecule has 1 aliphatic heterocycles. The number of hydrogen-bond donors (Lipinski definition) is 1. The Labute approximate surface area is 189 Å². The minimum Gasteiger partial charge on any atom is -0.497 e. The van der Waals surface area contributed by atoms with Gasteiger partial charge in [-0.15, -0.1) is 0 Å². The van der Waals surface area contributed by atoms with E-state index in [0.717, 1.165) is 16.9 Å². The Morgan fingerprint density at radius 2 is 1.62 bits per heavy atom. The van der Waals surface area contributed by atoms with Gasteiger partial charge in [0.1, 0.15) is 17.2 Å². The van der Waals surface area contributed by atoms with E-state index < -0.39 is 6.04 Å². The molecule has 0 spiro atoms. The maximum atomic E-state index is 13.2. The number of hydrogen-bond acceptors (Lipinski definition) is 5. The first-order valence-corrected chi connectivity index (χ1v) is 10.6. The lowest BCUT2D eigenvalue weighted by atomic mass is 9.93. The normalized spacial score (nSPS) is 14.9. The number of benzene rings is 2. The van der Waals surface area contributed by atoms with Crippen LogP contribution in [0.15, 0.2) is 55.1 Å². The van der Waals surface area contributed by atoms with Gasteiger partial charge in [0.2, 0.25) is 11.8 Å². The van der Waals surface area contributed by atoms with Gasteiger partial charge in [0.05, 0.1) is 27.4 Å². The van der Waals surface area contributed by atoms with E-state index >= 15 is 0 Å². The predicted molar refractivity (Wildman–Crippen MR) is 122 cm³/mol. The summed E-state index contributed by atoms with van der Waals surface area (Å²) in [7, 11) is 4.81. The minimum atomic E-state index is -0.415. The van der Waals surface area contributed by atoms with Crippen LogP contribution < -0.4 is 19.5 Å². The van der Waals surface area contributed by atoms with Crippen molar-refractivity contribution in [2.75, 3.05) is 34.4 Å². The topological polar surface area (TPSA) is 77.1 Å². The summed E-state index contributed by atoms with van der Waals surface area (Å²) >= 11 is 0. The van der Waals surface area contributed by atoms with E-state index in [0.29, 0.717) is 37.4 Å². The van der Waals surface area contributed by atoms with Crippen molar-refractivity contribution < 1.29 is 23.8 Å². The highest BCUT2D eigenvalue weighted by Gasteiger charge is 2.29. The van der Waals surface area contributed by atoms with Gasteiger partial charge in [-0.1, -0.05) is 18.7 Å². The lowest BCUT2D eigenvalue weighted by Crippen LogP contribution is -2.43. The number of methoxy groups -OCH3 is 3. The van der Waals surface area contributed by atoms with E-state index in [1.807, 2.05) is 36.4 Å². The number of likely N-dealkylation sites (tertiary alicyclic amines) is 1. The quantitative estimate of drug-likeness (QED) is 0.640. The largest absolute Gasteiger partial charge is 0.497 e. The van der Waals surface area contributed by atoms with Crippen molar-refractivity contribution in [2.24, 2.45) is 5.92 Å². The minimum absolute atomic E-state index is 0.0469. The average molecular weight is 439 g/mol. The van der Waals surface area contributed by atoms with Crippen LogP contribution in [0.4, 0.5) is 0 Å². The van der Waals surface area contributed by atoms with Crippen molar-refractivity contribution in [1.29, 1.82) is 0 Å². The van der Waals surface area contributed by atoms with Gasteiger partial charge in [0.25, 0.3) is 0 Å². The highest BCUT2D eigenvalue weighted by atomic mass is 16.5. The molecule has 1 aliphatic rings. The van der Waals surface area contributed by atoms with Crippen LogP contribution in [0.25, 0.3) is 0 Å². The Hall–Kier alpha value is -3.48. The fourth-order valence-corrected chi connectivity index (χ4v) is 3.95. The van der Waals surface area contributed by atoms with Crippen LogP contribution in [0.2, 0.25) is 0 Å². The fourth-order valence-electron chi connectivity index (χ4n) is 3.95. The van der Waals surface area contributed by atoms with Gasteiger partial charge in [-0.05, 0) is 48.7 Å². The molecule has 7 heteroatoms. The fraction of sp³-hybridized carbons (Fsp3) is 0.360. The van der Waals surface area contributed by atoms with E-state index in [1.54, 1.807) is 32.3 Å². The molecule has 1 N–H and O–H groups in total. The zero-order valence-corrected chi connectivity index (χ0v) is 18.8. The van der Waals surface area contributed by atoms with Crippen LogP contribution in [0.5, 0.6) is 17.2 Å². The molecule has 170 valence electrons. The Kier molecular flexibility index (Phi) is 7.76. The first-order chi connectivity index (χ1) is 15.5. The van der Waals surface area contributed by atoms with Gasteiger partial charge in [-0.2, -0.15) is 0 Å². The van der Waals surface area contributed by atoms with Crippen molar-refractivity contribution in [3.8, 4) is 17.2 Å². The molecule has 32 heavy (non-hydrogen) atoms. The molecule has 2 aromatic carbocycles. The molecule has 1 unspecified atom stereocenters. The van der Waals surface area contributed by atoms with Crippen LogP contribution in [-0.4, -0.2) is 51.1 Å². The number of amides is 2. The Bertz CT molecular complexity index is 949. The summed E-state index contributed by atoms with van der Waals surface area (Å²) in [6.45, 7) is 4.62. The summed E-state index contributed by atoms with van der Waals surface area (Å²) in [5.41, 5.74) is 1.73. The molecule has 0 aliphatic carbocycles. The number of rotatable bonds is 8. The Balaban J connectivity index is 1.86. The van der Waals surface area contributed by atoms with Crippen LogP contribution in [0, 0.1) is 5.92 Å². The number of carbonyl (C=O) groups is 2. The highest BCUT2D eigenvalue weighted by Crippen LogP contribution is 2.34. The average Bonchev–Trinajstić information content (AvgIpc) is 2.86. The molecular formula is C25H30N2O5. The van der Waals surface area contributed by atoms with Crippen molar-refractivity contribution in [3.63, 3.8) is 0 Å². The second kappa shape index (κ2) is 10.7. The molecule has 3 rings (SSSR count). The molecule has 0 saturated carbocycles. The third-order valence-electron chi connectivity index (χ3n) is 5.84. The SMILES string of the molecule is C=CC(=O)N1CCC(C(=O)NC(c2ccc(OC)cc2)c2ccc(OC)cc2OC)CC1. The second-order valence-electron chi connectivity index (χ2n) is 7.63. The zero-order valence-electron chi connectivity index (χ0n) is 18.8. The van der Waals surface area contributed by atoms with Crippen molar-refractivity contribution in [3.05, 3.63) is 66.2 Å². The van der Waals surface area contributed by atoms with E-state index in [4.69, 9.17) is 14.2 Å². The second-order valence-corrected chi connectivity index (χ2v) is 7.63. The Morgan fingerprint density at radius 1 is 1.00 bits per heavy atom. The number of nitrogens with one attached hydrogen (secondary N) is 1. The van der Waals surface area contributed by atoms with Crippen LogP contribution in [-0.2, 0) is 9.59 Å². The molecule has 1 fully saturated rings. The highest BCUT2D eigenvalue weighted by molar-refractivity contribution is 5.87. The molecule has 0 aromatic heterocycles. The summed E-state index contributed by atoms with van der Waals surface area (Å²) in [5, 5.41) is 3.20. The predicted octanol–water partition coefficient (Wildman–Crippen LogP) is 3.34. The van der Waals surface area contributed by atoms with E-state index in [-0.39, 0.29) is 17.7 Å². The summed E-state index contributed by atoms with van der Waals surface area (Å²) in [4.78, 5) is 26.8. The van der Waals surface area contributed by atoms with Crippen molar-refractivity contribution >= 4 is 11.8 Å². The molecular weight excluding hydrogens is 408 g/mol. The monoisotopic (exact) mass is 438 g/mol. The molecule has 7 nitrogen and oxygen atoms in total. The number of carbonyl (C=O) groups excluding carboxylic acids is 2. The van der Waals surface area contributed by atoms with Crippen LogP contribution >= 0.6 is 0 Å². The third kappa shape index (κ3) is 5.22. The number of piperidine rings is 1. The molecule has 1 heterocycles. The lowest BCUT2D eigenvalue weighted by Gasteiger charge is -2.32. The molecule has 0 bridgehead atoms. The van der Waals surface area contributed by atoms with Gasteiger partial charge in [-0.3, -0.25) is 9.59 Å². The molecule has 2 aromatic rings. The first-order valence-electron chi connectivity index (χ1n) is 10.6. The van der Waals surface area contributed by atoms with Crippen LogP contribution in [0.1, 0.15) is 30.0 Å². The van der Waals surface area contributed by atoms with E-state index in [2.05, 4.69) is 11.9 Å². The van der Waals surface area contributed by atoms with E-state index in [1.165, 1.54) is 6.08 Å². The summed E-state index contributed by atoms with van der Waals surface area (Å²) in [5.74, 6) is 1.72. The summed E-state index contributed by atoms with van der Waals surface area (Å²) < 4.78 is 16.2. The van der Waals surface area contributed by atoms with Gasteiger partial charge >= 0.3 is 0 Å². The smallest absolute Gasteiger partial charge is 0.245 e. The molecule has 1 atom stereocenters. The maximum absolute atomic E-state index is 13.2. The van der Waals surface area contributed by atoms with Crippen molar-refractivity contribution in [1.82, 2.24) is 10.2 Å². The number of ether oxygens (including phenoxy) is 3. The molecule has 2 amide bonds. The van der Waals surface area contributed by atoms with Gasteiger partial charge in [0, 0.05) is 30.6 Å². The standard InChI is InChI=1S/C25H30N2O5/c1-5-23(28)27-14-12-18(13-15-27)25(29)26-24(17-6-8-19(30-2)9-7-17)21-11-10-20(31-3)16-22(21)32-4/h5-11,16,18,24H,1,12-15H2,2-4H3,(H,26,29). The number of nitrogens with zero attached hydrogens (tertiary/aromatic N) is 1. The first kappa shape index (κ1) is 23.2. The van der Waals surface area contributed by atoms with Crippen LogP contribution in [0.3, 0.4) is 0 Å². The van der Waals surface area contributed by atoms with E-state index in [9.17, 15) is 9.59 Å². The molecule has 0 radical (unpaired) electrons. The summed E-state index contributed by atoms with van der Waals surface area (Å²) in [6, 6.07) is 12.7. The summed E-state index contributed by atoms with van der Waals surface area (Å²) in [6.07, 6.45) is 2.54. The van der Waals surface area contributed by atoms with Gasteiger partial charge in [-0.25, -0.2) is 0 Å². The Morgan fingerprint density at radius 3 is 2.19 bits per heavy atom. The zero-order chi connectivity index (χ0) is 23.1. The van der Waals surface area contributed by atoms with Crippen molar-refractivity contribution in [2.45, 2.75) is 18.9 Å². The third-order valence-corrected chi connectivity index (χ3v) is 5.84. The van der Waals surface area contributed by atoms with Gasteiger partial charge in [0.15, 0.2) is 0 Å². The van der Waals surface area contributed by atoms with Gasteiger partial charge < -0.3 is 24.4 Å². The lowest BCUT2D eigenvalue weighted by molar-refractivity contribution is -0.132.